The molecule has 2 aromatic carbocycles. The molecule has 3 rings (SSSR count). The number of carbonyl (C=O) groups excluding carboxylic acids is 1. The molecule has 26 heavy (non-hydrogen) atoms. The number of hydrogen-bond donors (Lipinski definition) is 2. The van der Waals surface area contributed by atoms with Gasteiger partial charge in [0.1, 0.15) is 0 Å². The van der Waals surface area contributed by atoms with Gasteiger partial charge in [-0.3, -0.25) is 4.79 Å². The van der Waals surface area contributed by atoms with Crippen LogP contribution in [0, 0.1) is 0 Å². The summed E-state index contributed by atoms with van der Waals surface area (Å²) in [6.45, 7) is 1.29. The quantitative estimate of drug-likeness (QED) is 0.808. The molecule has 7 heteroatoms. The van der Waals surface area contributed by atoms with Crippen molar-refractivity contribution in [3.8, 4) is 17.2 Å². The number of carbonyl (C=O) groups is 1. The lowest BCUT2D eigenvalue weighted by atomic mass is 10.1. The first-order valence-electron chi connectivity index (χ1n) is 8.10. The van der Waals surface area contributed by atoms with Crippen LogP contribution in [0.1, 0.15) is 21.5 Å². The number of fused-ring (bicyclic) bond motifs is 1. The Morgan fingerprint density at radius 1 is 1.08 bits per heavy atom. The van der Waals surface area contributed by atoms with Gasteiger partial charge in [-0.25, -0.2) is 0 Å². The van der Waals surface area contributed by atoms with Gasteiger partial charge in [-0.1, -0.05) is 0 Å². The normalized spacial score (nSPS) is 11.7. The molecule has 0 spiro atoms. The Hall–Kier alpha value is -2.60. The number of hydrogen-bond acceptors (Lipinski definition) is 5. The minimum absolute atomic E-state index is 0. The number of halogens is 1. The van der Waals surface area contributed by atoms with Gasteiger partial charge < -0.3 is 24.8 Å². The second-order valence-corrected chi connectivity index (χ2v) is 5.76. The number of amides is 1. The van der Waals surface area contributed by atoms with Gasteiger partial charge in [0.15, 0.2) is 11.5 Å². The van der Waals surface area contributed by atoms with Gasteiger partial charge in [-0.15, -0.1) is 12.4 Å². The minimum atomic E-state index is -0.108. The van der Waals surface area contributed by atoms with Gasteiger partial charge in [-0.05, 0) is 47.9 Å². The largest absolute Gasteiger partial charge is 0.493 e. The summed E-state index contributed by atoms with van der Waals surface area (Å²) in [4.78, 5) is 12.4. The average molecular weight is 379 g/mol. The molecule has 6 nitrogen and oxygen atoms in total. The lowest BCUT2D eigenvalue weighted by Crippen LogP contribution is -2.23. The van der Waals surface area contributed by atoms with Gasteiger partial charge >= 0.3 is 0 Å². The minimum Gasteiger partial charge on any atom is -0.493 e. The number of benzene rings is 2. The van der Waals surface area contributed by atoms with Crippen molar-refractivity contribution in [2.45, 2.75) is 13.0 Å². The van der Waals surface area contributed by atoms with E-state index in [2.05, 4.69) is 10.6 Å². The summed E-state index contributed by atoms with van der Waals surface area (Å²) in [6, 6.07) is 9.39. The zero-order valence-electron chi connectivity index (χ0n) is 15.0. The summed E-state index contributed by atoms with van der Waals surface area (Å²) in [5.41, 5.74) is 3.82. The van der Waals surface area contributed by atoms with Crippen LogP contribution in [-0.4, -0.2) is 33.8 Å². The van der Waals surface area contributed by atoms with Crippen LogP contribution in [0.4, 0.5) is 5.69 Å². The van der Waals surface area contributed by atoms with Gasteiger partial charge in [0.05, 0.1) is 21.3 Å². The van der Waals surface area contributed by atoms with Gasteiger partial charge in [-0.2, -0.15) is 0 Å². The van der Waals surface area contributed by atoms with Crippen LogP contribution in [0.25, 0.3) is 0 Å². The first kappa shape index (κ1) is 19.7. The van der Waals surface area contributed by atoms with E-state index >= 15 is 0 Å². The highest BCUT2D eigenvalue weighted by Gasteiger charge is 2.15. The molecule has 0 atom stereocenters. The van der Waals surface area contributed by atoms with Gasteiger partial charge in [0.25, 0.3) is 5.91 Å². The molecule has 0 unspecified atom stereocenters. The molecular weight excluding hydrogens is 356 g/mol. The molecule has 1 amide bonds. The molecule has 1 aliphatic rings. The zero-order valence-corrected chi connectivity index (χ0v) is 15.9. The number of nitrogens with one attached hydrogen (secondary N) is 2. The Kier molecular flexibility index (Phi) is 6.58. The molecule has 2 aromatic rings. The molecule has 140 valence electrons. The van der Waals surface area contributed by atoms with Crippen molar-refractivity contribution in [2.24, 2.45) is 0 Å². The van der Waals surface area contributed by atoms with E-state index in [0.717, 1.165) is 24.2 Å². The third kappa shape index (κ3) is 3.96. The SMILES string of the molecule is COc1cc(CNC(=O)c2ccc3c(c2)CCN3)cc(OC)c1OC.Cl. The van der Waals surface area contributed by atoms with Crippen molar-refractivity contribution >= 4 is 24.0 Å². The number of methoxy groups -OCH3 is 3. The summed E-state index contributed by atoms with van der Waals surface area (Å²) in [7, 11) is 4.70. The summed E-state index contributed by atoms with van der Waals surface area (Å²) in [6.07, 6.45) is 0.948. The summed E-state index contributed by atoms with van der Waals surface area (Å²) in [5, 5.41) is 6.22. The molecule has 0 saturated heterocycles. The van der Waals surface area contributed by atoms with Gasteiger partial charge in [0, 0.05) is 24.3 Å². The maximum atomic E-state index is 12.4. The monoisotopic (exact) mass is 378 g/mol. The van der Waals surface area contributed by atoms with Crippen LogP contribution in [-0.2, 0) is 13.0 Å². The predicted molar refractivity (Wildman–Crippen MR) is 103 cm³/mol. The third-order valence-corrected chi connectivity index (χ3v) is 4.25. The first-order chi connectivity index (χ1) is 12.2. The van der Waals surface area contributed by atoms with E-state index in [4.69, 9.17) is 14.2 Å². The van der Waals surface area contributed by atoms with Crippen LogP contribution < -0.4 is 24.8 Å². The van der Waals surface area contributed by atoms with Crippen LogP contribution in [0.5, 0.6) is 17.2 Å². The number of anilines is 1. The molecule has 1 heterocycles. The molecule has 0 fully saturated rings. The maximum Gasteiger partial charge on any atom is 0.251 e. The second-order valence-electron chi connectivity index (χ2n) is 5.76. The predicted octanol–water partition coefficient (Wildman–Crippen LogP) is 3.03. The fourth-order valence-corrected chi connectivity index (χ4v) is 2.97. The van der Waals surface area contributed by atoms with Crippen molar-refractivity contribution in [3.63, 3.8) is 0 Å². The second kappa shape index (κ2) is 8.67. The molecule has 0 aliphatic carbocycles. The summed E-state index contributed by atoms with van der Waals surface area (Å²) in [5.74, 6) is 1.55. The number of ether oxygens (including phenoxy) is 3. The highest BCUT2D eigenvalue weighted by Crippen LogP contribution is 2.38. The molecule has 0 saturated carbocycles. The Morgan fingerprint density at radius 3 is 2.38 bits per heavy atom. The van der Waals surface area contributed by atoms with Crippen LogP contribution in [0.2, 0.25) is 0 Å². The van der Waals surface area contributed by atoms with E-state index in [1.54, 1.807) is 21.3 Å². The van der Waals surface area contributed by atoms with E-state index in [1.165, 1.54) is 5.56 Å². The topological polar surface area (TPSA) is 68.8 Å². The van der Waals surface area contributed by atoms with Crippen molar-refractivity contribution in [1.82, 2.24) is 5.32 Å². The van der Waals surface area contributed by atoms with Crippen LogP contribution in [0.15, 0.2) is 30.3 Å². The molecule has 2 N–H and O–H groups in total. The van der Waals surface area contributed by atoms with Crippen molar-refractivity contribution < 1.29 is 19.0 Å². The lowest BCUT2D eigenvalue weighted by molar-refractivity contribution is 0.0950. The Labute approximate surface area is 159 Å². The summed E-state index contributed by atoms with van der Waals surface area (Å²) < 4.78 is 16.0. The van der Waals surface area contributed by atoms with Crippen molar-refractivity contribution in [2.75, 3.05) is 33.2 Å². The van der Waals surface area contributed by atoms with E-state index in [9.17, 15) is 4.79 Å². The lowest BCUT2D eigenvalue weighted by Gasteiger charge is -2.14. The molecule has 1 aliphatic heterocycles. The standard InChI is InChI=1S/C19H22N2O4.ClH/c1-23-16-8-12(9-17(24-2)18(16)25-3)11-21-19(22)14-4-5-15-13(10-14)6-7-20-15;/h4-5,8-10,20H,6-7,11H2,1-3H3,(H,21,22);1H. The third-order valence-electron chi connectivity index (χ3n) is 4.25. The molecular formula is C19H23ClN2O4. The Bertz CT molecular complexity index is 770. The van der Waals surface area contributed by atoms with E-state index < -0.39 is 0 Å². The smallest absolute Gasteiger partial charge is 0.251 e. The van der Waals surface area contributed by atoms with E-state index in [-0.39, 0.29) is 18.3 Å². The molecule has 0 aromatic heterocycles. The highest BCUT2D eigenvalue weighted by molar-refractivity contribution is 5.95. The Morgan fingerprint density at radius 2 is 1.77 bits per heavy atom. The van der Waals surface area contributed by atoms with Crippen molar-refractivity contribution in [3.05, 3.63) is 47.0 Å². The fourth-order valence-electron chi connectivity index (χ4n) is 2.97. The summed E-state index contributed by atoms with van der Waals surface area (Å²) >= 11 is 0. The average Bonchev–Trinajstić information content (AvgIpc) is 3.12. The maximum absolute atomic E-state index is 12.4. The molecule has 0 radical (unpaired) electrons. The zero-order chi connectivity index (χ0) is 17.8. The van der Waals surface area contributed by atoms with Crippen LogP contribution in [0.3, 0.4) is 0 Å². The Balaban J connectivity index is 0.00000243. The molecule has 0 bridgehead atoms. The van der Waals surface area contributed by atoms with Gasteiger partial charge in [0.2, 0.25) is 5.75 Å². The number of rotatable bonds is 6. The fraction of sp³-hybridized carbons (Fsp3) is 0.316. The highest BCUT2D eigenvalue weighted by atomic mass is 35.5. The first-order valence-corrected chi connectivity index (χ1v) is 8.10. The van der Waals surface area contributed by atoms with Crippen molar-refractivity contribution in [1.29, 1.82) is 0 Å². The van der Waals surface area contributed by atoms with Crippen LogP contribution >= 0.6 is 12.4 Å². The van der Waals surface area contributed by atoms with E-state index in [1.807, 2.05) is 30.3 Å². The van der Waals surface area contributed by atoms with E-state index in [0.29, 0.717) is 29.4 Å².